The van der Waals surface area contributed by atoms with Gasteiger partial charge in [0, 0.05) is 36.6 Å². The molecule has 2 aromatic carbocycles. The maximum absolute atomic E-state index is 13.1. The van der Waals surface area contributed by atoms with E-state index in [1.165, 1.54) is 6.20 Å². The fraction of sp³-hybridized carbons (Fsp3) is 0.192. The van der Waals surface area contributed by atoms with Gasteiger partial charge >= 0.3 is 12.1 Å². The van der Waals surface area contributed by atoms with Crippen molar-refractivity contribution in [1.82, 2.24) is 19.8 Å². The summed E-state index contributed by atoms with van der Waals surface area (Å²) in [6.07, 6.45) is -1.81. The summed E-state index contributed by atoms with van der Waals surface area (Å²) >= 11 is 0. The van der Waals surface area contributed by atoms with Crippen molar-refractivity contribution in [2.75, 3.05) is 36.4 Å². The Hall–Kier alpha value is -4.98. The van der Waals surface area contributed by atoms with Gasteiger partial charge in [-0.3, -0.25) is 9.59 Å². The van der Waals surface area contributed by atoms with Crippen LogP contribution in [0.5, 0.6) is 0 Å². The minimum absolute atomic E-state index is 0.00425. The first kappa shape index (κ1) is 26.6. The molecular weight excluding hydrogens is 531 g/mol. The highest BCUT2D eigenvalue weighted by Crippen LogP contribution is 2.24. The van der Waals surface area contributed by atoms with Gasteiger partial charge in [0.15, 0.2) is 0 Å². The quantitative estimate of drug-likeness (QED) is 0.372. The van der Waals surface area contributed by atoms with Crippen molar-refractivity contribution in [2.24, 2.45) is 5.73 Å². The van der Waals surface area contributed by atoms with Crippen molar-refractivity contribution in [2.45, 2.75) is 6.18 Å². The third-order valence-corrected chi connectivity index (χ3v) is 6.20. The second-order valence-electron chi connectivity index (χ2n) is 8.85. The van der Waals surface area contributed by atoms with E-state index in [9.17, 15) is 27.6 Å². The average Bonchev–Trinajstić information content (AvgIpc) is 3.38. The summed E-state index contributed by atoms with van der Waals surface area (Å²) in [6.45, 7) is 0.383. The number of aromatic nitrogens is 3. The molecule has 2 amide bonds. The number of hydroxylamine groups is 2. The number of hydrogen-bond acceptors (Lipinski definition) is 8. The summed E-state index contributed by atoms with van der Waals surface area (Å²) in [6, 6.07) is 15.2. The number of primary amides is 1. The summed E-state index contributed by atoms with van der Waals surface area (Å²) in [5.74, 6) is -2.93. The van der Waals surface area contributed by atoms with Crippen molar-refractivity contribution in [3.05, 3.63) is 78.1 Å². The van der Waals surface area contributed by atoms with Gasteiger partial charge in [-0.1, -0.05) is 12.1 Å². The molecule has 0 saturated carbocycles. The molecule has 4 aromatic rings. The van der Waals surface area contributed by atoms with E-state index in [1.807, 2.05) is 6.07 Å². The zero-order valence-electron chi connectivity index (χ0n) is 20.8. The molecule has 3 N–H and O–H groups in total. The molecule has 1 fully saturated rings. The third-order valence-electron chi connectivity index (χ3n) is 6.20. The number of piperazine rings is 1. The van der Waals surface area contributed by atoms with Gasteiger partial charge < -0.3 is 20.8 Å². The van der Waals surface area contributed by atoms with Gasteiger partial charge in [-0.05, 0) is 42.5 Å². The Bertz CT molecular complexity index is 1580. The summed E-state index contributed by atoms with van der Waals surface area (Å²) < 4.78 is 39.0. The van der Waals surface area contributed by atoms with Gasteiger partial charge in [-0.15, -0.1) is 5.06 Å². The molecule has 3 heterocycles. The fourth-order valence-electron chi connectivity index (χ4n) is 4.26. The van der Waals surface area contributed by atoms with E-state index < -0.39 is 24.0 Å². The minimum Gasteiger partial charge on any atom is -0.366 e. The van der Waals surface area contributed by atoms with Crippen LogP contribution in [0.1, 0.15) is 20.7 Å². The Balaban J connectivity index is 1.26. The first-order valence-electron chi connectivity index (χ1n) is 12.0. The summed E-state index contributed by atoms with van der Waals surface area (Å²) in [4.78, 5) is 46.3. The average molecular weight is 554 g/mol. The lowest BCUT2D eigenvalue weighted by Gasteiger charge is -2.34. The van der Waals surface area contributed by atoms with Crippen LogP contribution >= 0.6 is 0 Å². The van der Waals surface area contributed by atoms with E-state index in [4.69, 9.17) is 5.73 Å². The molecule has 1 saturated heterocycles. The van der Waals surface area contributed by atoms with Crippen LogP contribution in [-0.2, 0) is 9.63 Å². The number of carbonyl (C=O) groups excluding carboxylic acids is 3. The van der Waals surface area contributed by atoms with Gasteiger partial charge in [-0.25, -0.2) is 14.5 Å². The Kier molecular flexibility index (Phi) is 7.09. The predicted octanol–water partition coefficient (Wildman–Crippen LogP) is 2.91. The number of carbonyl (C=O) groups is 3. The Morgan fingerprint density at radius 3 is 2.30 bits per heavy atom. The summed E-state index contributed by atoms with van der Waals surface area (Å²) in [7, 11) is 0. The highest BCUT2D eigenvalue weighted by atomic mass is 19.4. The summed E-state index contributed by atoms with van der Waals surface area (Å²) in [5, 5.41) is 8.97. The number of fused-ring (bicyclic) bond motifs is 1. The van der Waals surface area contributed by atoms with E-state index in [1.54, 1.807) is 64.3 Å². The molecule has 0 radical (unpaired) electrons. The van der Waals surface area contributed by atoms with Crippen molar-refractivity contribution in [3.8, 4) is 5.69 Å². The van der Waals surface area contributed by atoms with Gasteiger partial charge in [0.25, 0.3) is 11.8 Å². The lowest BCUT2D eigenvalue weighted by Crippen LogP contribution is -2.49. The SMILES string of the molecule is NC(=O)c1cccc2cn(-c3ccc(NC(=O)c4cccnc4N4CCN(OC(=O)C(F)(F)F)CC4)cc3)nc12. The number of alkyl halides is 3. The maximum Gasteiger partial charge on any atom is 0.492 e. The van der Waals surface area contributed by atoms with Gasteiger partial charge in [0.1, 0.15) is 11.3 Å². The number of nitrogens with zero attached hydrogens (tertiary/aromatic N) is 5. The van der Waals surface area contributed by atoms with Crippen LogP contribution in [0.25, 0.3) is 16.6 Å². The zero-order valence-corrected chi connectivity index (χ0v) is 20.8. The molecule has 0 aliphatic carbocycles. The molecule has 1 aliphatic heterocycles. The first-order chi connectivity index (χ1) is 19.1. The Morgan fingerprint density at radius 1 is 0.925 bits per heavy atom. The van der Waals surface area contributed by atoms with Crippen LogP contribution in [0.15, 0.2) is 67.0 Å². The molecule has 0 unspecified atom stereocenters. The van der Waals surface area contributed by atoms with Crippen molar-refractivity contribution in [1.29, 1.82) is 0 Å². The second-order valence-corrected chi connectivity index (χ2v) is 8.85. The van der Waals surface area contributed by atoms with E-state index in [0.717, 1.165) is 10.4 Å². The lowest BCUT2D eigenvalue weighted by atomic mass is 10.1. The van der Waals surface area contributed by atoms with Gasteiger partial charge in [0.2, 0.25) is 0 Å². The topological polar surface area (TPSA) is 136 Å². The normalized spacial score (nSPS) is 14.2. The minimum atomic E-state index is -5.08. The fourth-order valence-corrected chi connectivity index (χ4v) is 4.26. The van der Waals surface area contributed by atoms with Gasteiger partial charge in [0.05, 0.1) is 29.9 Å². The monoisotopic (exact) mass is 553 g/mol. The number of benzene rings is 2. The standard InChI is InChI=1S/C26H22F3N7O4/c27-26(28,29)25(39)40-35-13-11-34(12-14-35)23-20(5-2-10-31-23)24(38)32-17-6-8-18(9-7-17)36-15-16-3-1-4-19(22(30)37)21(16)33-36/h1-10,15H,11-14H2,(H2,30,37)(H,32,38). The molecule has 2 aromatic heterocycles. The number of nitrogens with one attached hydrogen (secondary N) is 1. The molecule has 0 atom stereocenters. The molecular formula is C26H22F3N7O4. The first-order valence-corrected chi connectivity index (χ1v) is 12.0. The van der Waals surface area contributed by atoms with Crippen LogP contribution < -0.4 is 16.0 Å². The van der Waals surface area contributed by atoms with Crippen molar-refractivity contribution < 1.29 is 32.4 Å². The molecule has 0 spiro atoms. The number of rotatable bonds is 6. The van der Waals surface area contributed by atoms with E-state index in [0.29, 0.717) is 28.3 Å². The summed E-state index contributed by atoms with van der Waals surface area (Å²) in [5.41, 5.74) is 7.70. The zero-order chi connectivity index (χ0) is 28.4. The Labute approximate surface area is 224 Å². The molecule has 1 aliphatic rings. The number of pyridine rings is 1. The van der Waals surface area contributed by atoms with Crippen LogP contribution in [-0.4, -0.2) is 70.0 Å². The second kappa shape index (κ2) is 10.6. The maximum atomic E-state index is 13.1. The van der Waals surface area contributed by atoms with E-state index in [-0.39, 0.29) is 31.7 Å². The van der Waals surface area contributed by atoms with E-state index in [2.05, 4.69) is 20.2 Å². The predicted molar refractivity (Wildman–Crippen MR) is 138 cm³/mol. The lowest BCUT2D eigenvalue weighted by molar-refractivity contribution is -0.239. The molecule has 206 valence electrons. The van der Waals surface area contributed by atoms with Crippen molar-refractivity contribution >= 4 is 40.2 Å². The van der Waals surface area contributed by atoms with Crippen LogP contribution in [0.2, 0.25) is 0 Å². The van der Waals surface area contributed by atoms with Crippen molar-refractivity contribution in [3.63, 3.8) is 0 Å². The molecule has 0 bridgehead atoms. The number of nitrogens with two attached hydrogens (primary N) is 1. The highest BCUT2D eigenvalue weighted by Gasteiger charge is 2.43. The van der Waals surface area contributed by atoms with Gasteiger partial charge in [-0.2, -0.15) is 18.3 Å². The van der Waals surface area contributed by atoms with E-state index >= 15 is 0 Å². The number of amides is 2. The molecule has 11 nitrogen and oxygen atoms in total. The van der Waals surface area contributed by atoms with Crippen LogP contribution in [0.3, 0.4) is 0 Å². The number of hydrogen-bond donors (Lipinski definition) is 2. The third kappa shape index (κ3) is 5.56. The molecule has 40 heavy (non-hydrogen) atoms. The van der Waals surface area contributed by atoms with Crippen LogP contribution in [0.4, 0.5) is 24.7 Å². The number of anilines is 2. The smallest absolute Gasteiger partial charge is 0.366 e. The Morgan fingerprint density at radius 2 is 1.62 bits per heavy atom. The highest BCUT2D eigenvalue weighted by molar-refractivity contribution is 6.07. The molecule has 14 heteroatoms. The number of halogens is 3. The molecule has 5 rings (SSSR count). The van der Waals surface area contributed by atoms with Crippen LogP contribution in [0, 0.1) is 0 Å². The largest absolute Gasteiger partial charge is 0.492 e.